The monoisotopic (exact) mass is 422 g/mol. The highest BCUT2D eigenvalue weighted by Crippen LogP contribution is 2.37. The van der Waals surface area contributed by atoms with E-state index in [1.54, 1.807) is 36.8 Å². The van der Waals surface area contributed by atoms with E-state index < -0.39 is 0 Å². The molecule has 3 aromatic rings. The van der Waals surface area contributed by atoms with Gasteiger partial charge in [-0.2, -0.15) is 0 Å². The van der Waals surface area contributed by atoms with E-state index in [-0.39, 0.29) is 5.82 Å². The second-order valence-electron chi connectivity index (χ2n) is 5.21. The third kappa shape index (κ3) is 4.70. The third-order valence-electron chi connectivity index (χ3n) is 3.46. The van der Waals surface area contributed by atoms with E-state index in [0.717, 1.165) is 20.7 Å². The van der Waals surface area contributed by atoms with Gasteiger partial charge in [0.25, 0.3) is 0 Å². The zero-order valence-corrected chi connectivity index (χ0v) is 15.9. The van der Waals surface area contributed by atoms with Gasteiger partial charge >= 0.3 is 0 Å². The summed E-state index contributed by atoms with van der Waals surface area (Å²) in [6.07, 6.45) is 1.76. The Kier molecular flexibility index (Phi) is 5.88. The summed E-state index contributed by atoms with van der Waals surface area (Å²) in [6, 6.07) is 10.1. The highest BCUT2D eigenvalue weighted by molar-refractivity contribution is 9.10. The molecule has 25 heavy (non-hydrogen) atoms. The van der Waals surface area contributed by atoms with Gasteiger partial charge in [0, 0.05) is 18.1 Å². The number of anilines is 1. The lowest BCUT2D eigenvalue weighted by atomic mass is 10.2. The van der Waals surface area contributed by atoms with Crippen molar-refractivity contribution in [2.24, 2.45) is 0 Å². The minimum absolute atomic E-state index is 0.264. The van der Waals surface area contributed by atoms with E-state index in [4.69, 9.17) is 9.47 Å². The lowest BCUT2D eigenvalue weighted by Gasteiger charge is -2.15. The molecule has 0 fully saturated rings. The number of methoxy groups -OCH3 is 1. The summed E-state index contributed by atoms with van der Waals surface area (Å²) in [5.41, 5.74) is 1.91. The highest BCUT2D eigenvalue weighted by Gasteiger charge is 2.12. The number of rotatable bonds is 7. The largest absolute Gasteiger partial charge is 0.493 e. The molecule has 2 aromatic carbocycles. The number of hydrogen-bond donors (Lipinski definition) is 1. The smallest absolute Gasteiger partial charge is 0.182 e. The van der Waals surface area contributed by atoms with Gasteiger partial charge < -0.3 is 14.8 Å². The maximum atomic E-state index is 13.0. The van der Waals surface area contributed by atoms with Gasteiger partial charge in [0.2, 0.25) is 0 Å². The number of halogens is 2. The van der Waals surface area contributed by atoms with E-state index in [1.165, 1.54) is 12.1 Å². The summed E-state index contributed by atoms with van der Waals surface area (Å²) >= 11 is 5.09. The first-order chi connectivity index (χ1) is 12.2. The van der Waals surface area contributed by atoms with E-state index in [1.807, 2.05) is 17.5 Å². The Morgan fingerprint density at radius 1 is 1.20 bits per heavy atom. The summed E-state index contributed by atoms with van der Waals surface area (Å²) in [6.45, 7) is 0.951. The zero-order chi connectivity index (χ0) is 17.6. The Hall–Kier alpha value is -2.12. The number of nitrogens with one attached hydrogen (secondary N) is 1. The first-order valence-corrected chi connectivity index (χ1v) is 9.20. The molecule has 0 bridgehead atoms. The van der Waals surface area contributed by atoms with Crippen LogP contribution >= 0.6 is 27.3 Å². The fourth-order valence-electron chi connectivity index (χ4n) is 2.24. The van der Waals surface area contributed by atoms with Crippen molar-refractivity contribution in [3.05, 3.63) is 69.4 Å². The molecule has 1 aromatic heterocycles. The number of hydrogen-bond acceptors (Lipinski definition) is 5. The number of ether oxygens (including phenoxy) is 2. The maximum Gasteiger partial charge on any atom is 0.182 e. The van der Waals surface area contributed by atoms with Crippen LogP contribution in [-0.2, 0) is 13.2 Å². The number of thiazole rings is 1. The molecule has 1 heterocycles. The summed E-state index contributed by atoms with van der Waals surface area (Å²) in [7, 11) is 1.60. The van der Waals surface area contributed by atoms with Crippen LogP contribution in [0.15, 0.2) is 52.4 Å². The van der Waals surface area contributed by atoms with Crippen molar-refractivity contribution < 1.29 is 13.9 Å². The molecule has 0 atom stereocenters. The quantitative estimate of drug-likeness (QED) is 0.564. The highest BCUT2D eigenvalue weighted by atomic mass is 79.9. The van der Waals surface area contributed by atoms with Gasteiger partial charge in [-0.15, -0.1) is 11.3 Å². The summed E-state index contributed by atoms with van der Waals surface area (Å²) in [5, 5.41) is 6.05. The lowest BCUT2D eigenvalue weighted by Crippen LogP contribution is -2.02. The molecule has 0 saturated heterocycles. The first kappa shape index (κ1) is 17.7. The third-order valence-corrected chi connectivity index (χ3v) is 4.78. The molecule has 0 aliphatic carbocycles. The Balaban J connectivity index is 1.71. The Morgan fingerprint density at radius 3 is 2.68 bits per heavy atom. The van der Waals surface area contributed by atoms with Crippen molar-refractivity contribution in [3.8, 4) is 11.5 Å². The van der Waals surface area contributed by atoms with Crippen molar-refractivity contribution >= 4 is 32.4 Å². The average Bonchev–Trinajstić information content (AvgIpc) is 3.13. The van der Waals surface area contributed by atoms with E-state index in [0.29, 0.717) is 24.7 Å². The molecular weight excluding hydrogens is 407 g/mol. The van der Waals surface area contributed by atoms with Crippen LogP contribution in [0, 0.1) is 5.82 Å². The fraction of sp³-hybridized carbons (Fsp3) is 0.167. The molecule has 0 radical (unpaired) electrons. The van der Waals surface area contributed by atoms with Crippen LogP contribution in [0.1, 0.15) is 11.1 Å². The van der Waals surface area contributed by atoms with Crippen molar-refractivity contribution in [2.45, 2.75) is 13.2 Å². The molecule has 0 aliphatic heterocycles. The number of aromatic nitrogens is 1. The van der Waals surface area contributed by atoms with Gasteiger partial charge in [0.1, 0.15) is 12.4 Å². The molecule has 1 N–H and O–H groups in total. The van der Waals surface area contributed by atoms with Crippen molar-refractivity contribution in [3.63, 3.8) is 0 Å². The van der Waals surface area contributed by atoms with Gasteiger partial charge in [-0.05, 0) is 51.3 Å². The van der Waals surface area contributed by atoms with Crippen molar-refractivity contribution in [1.82, 2.24) is 4.98 Å². The molecule has 0 saturated carbocycles. The summed E-state index contributed by atoms with van der Waals surface area (Å²) in [5.74, 6) is 0.983. The lowest BCUT2D eigenvalue weighted by molar-refractivity contribution is 0.282. The molecule has 0 aliphatic rings. The van der Waals surface area contributed by atoms with Crippen LogP contribution in [-0.4, -0.2) is 12.1 Å². The Bertz CT molecular complexity index is 826. The predicted octanol–water partition coefficient (Wildman–Crippen LogP) is 5.24. The topological polar surface area (TPSA) is 43.4 Å². The van der Waals surface area contributed by atoms with Crippen LogP contribution in [0.3, 0.4) is 0 Å². The molecule has 0 amide bonds. The average molecular weight is 423 g/mol. The fourth-order valence-corrected chi connectivity index (χ4v) is 3.37. The van der Waals surface area contributed by atoms with Crippen LogP contribution in [0.5, 0.6) is 11.5 Å². The van der Waals surface area contributed by atoms with Crippen molar-refractivity contribution in [1.29, 1.82) is 0 Å². The zero-order valence-electron chi connectivity index (χ0n) is 13.5. The summed E-state index contributed by atoms with van der Waals surface area (Å²) < 4.78 is 25.1. The predicted molar refractivity (Wildman–Crippen MR) is 101 cm³/mol. The second-order valence-corrected chi connectivity index (χ2v) is 6.96. The van der Waals surface area contributed by atoms with Gasteiger partial charge in [0.15, 0.2) is 16.6 Å². The van der Waals surface area contributed by atoms with E-state index in [9.17, 15) is 4.39 Å². The Morgan fingerprint density at radius 2 is 2.00 bits per heavy atom. The molecule has 4 nitrogen and oxygen atoms in total. The first-order valence-electron chi connectivity index (χ1n) is 7.52. The van der Waals surface area contributed by atoms with Gasteiger partial charge in [-0.3, -0.25) is 0 Å². The van der Waals surface area contributed by atoms with Crippen molar-refractivity contribution in [2.75, 3.05) is 12.4 Å². The van der Waals surface area contributed by atoms with Gasteiger partial charge in [0.05, 0.1) is 11.6 Å². The van der Waals surface area contributed by atoms with Crippen LogP contribution < -0.4 is 14.8 Å². The number of nitrogens with zero attached hydrogens (tertiary/aromatic N) is 1. The SMILES string of the molecule is COc1cc(CNc2nccs2)cc(Br)c1OCc1ccc(F)cc1. The molecule has 3 rings (SSSR count). The Labute approximate surface area is 157 Å². The molecule has 0 unspecified atom stereocenters. The second kappa shape index (κ2) is 8.31. The maximum absolute atomic E-state index is 13.0. The van der Waals surface area contributed by atoms with Gasteiger partial charge in [-0.25, -0.2) is 9.37 Å². The van der Waals surface area contributed by atoms with E-state index in [2.05, 4.69) is 26.2 Å². The van der Waals surface area contributed by atoms with Crippen LogP contribution in [0.2, 0.25) is 0 Å². The van der Waals surface area contributed by atoms with E-state index >= 15 is 0 Å². The normalized spacial score (nSPS) is 10.5. The molecular formula is C18H16BrFN2O2S. The van der Waals surface area contributed by atoms with Crippen LogP contribution in [0.4, 0.5) is 9.52 Å². The van der Waals surface area contributed by atoms with Gasteiger partial charge in [-0.1, -0.05) is 12.1 Å². The summed E-state index contributed by atoms with van der Waals surface area (Å²) in [4.78, 5) is 4.20. The minimum atomic E-state index is -0.264. The standard InChI is InChI=1S/C18H16BrFN2O2S/c1-23-16-9-13(10-22-18-21-6-7-25-18)8-15(19)17(16)24-11-12-2-4-14(20)5-3-12/h2-9H,10-11H2,1H3,(H,21,22). The molecule has 0 spiro atoms. The molecule has 130 valence electrons. The van der Waals surface area contributed by atoms with Crippen LogP contribution in [0.25, 0.3) is 0 Å². The minimum Gasteiger partial charge on any atom is -0.493 e. The number of benzene rings is 2. The molecule has 7 heteroatoms.